The third kappa shape index (κ3) is 2.78. The highest BCUT2D eigenvalue weighted by molar-refractivity contribution is 6.25. The molecule has 0 radical (unpaired) electrons. The van der Waals surface area contributed by atoms with Gasteiger partial charge >= 0.3 is 0 Å². The second-order valence-electron chi connectivity index (χ2n) is 8.44. The predicted molar refractivity (Wildman–Crippen MR) is 137 cm³/mol. The van der Waals surface area contributed by atoms with E-state index in [9.17, 15) is 0 Å². The molecule has 6 aromatic carbocycles. The molecule has 0 aliphatic carbocycles. The van der Waals surface area contributed by atoms with Crippen molar-refractivity contribution in [2.75, 3.05) is 0 Å². The maximum atomic E-state index is 5.81. The van der Waals surface area contributed by atoms with Crippen LogP contribution in [0.5, 0.6) is 0 Å². The molecule has 7 aromatic rings. The minimum absolute atomic E-state index is 0.827. The summed E-state index contributed by atoms with van der Waals surface area (Å²) in [6.07, 6.45) is 1.53. The van der Waals surface area contributed by atoms with E-state index in [0.29, 0.717) is 0 Å². The molecule has 33 heavy (non-hydrogen) atoms. The quantitative estimate of drug-likeness (QED) is 0.261. The summed E-state index contributed by atoms with van der Waals surface area (Å²) >= 11 is 0. The molecular weight excluding hydrogens is 402 g/mol. The minimum Gasteiger partial charge on any atom is -0.443 e. The minimum atomic E-state index is 0.827. The van der Waals surface area contributed by atoms with E-state index in [2.05, 4.69) is 102 Å². The van der Waals surface area contributed by atoms with Gasteiger partial charge in [-0.3, -0.25) is 0 Å². The van der Waals surface area contributed by atoms with Gasteiger partial charge in [-0.05, 0) is 67.2 Å². The Morgan fingerprint density at radius 2 is 1.30 bits per heavy atom. The summed E-state index contributed by atoms with van der Waals surface area (Å²) in [4.78, 5) is 4.37. The van der Waals surface area contributed by atoms with Gasteiger partial charge in [-0.2, -0.15) is 0 Å². The first-order valence-corrected chi connectivity index (χ1v) is 11.1. The van der Waals surface area contributed by atoms with E-state index in [1.54, 1.807) is 0 Å². The third-order valence-corrected chi connectivity index (χ3v) is 6.59. The van der Waals surface area contributed by atoms with Crippen molar-refractivity contribution in [2.24, 2.45) is 0 Å². The van der Waals surface area contributed by atoms with E-state index >= 15 is 0 Å². The maximum absolute atomic E-state index is 5.81. The van der Waals surface area contributed by atoms with Crippen LogP contribution in [-0.2, 0) is 0 Å². The van der Waals surface area contributed by atoms with Gasteiger partial charge < -0.3 is 4.42 Å². The number of hydrogen-bond acceptors (Lipinski definition) is 2. The topological polar surface area (TPSA) is 26.0 Å². The van der Waals surface area contributed by atoms with Crippen LogP contribution in [0.25, 0.3) is 65.7 Å². The first-order valence-electron chi connectivity index (χ1n) is 11.1. The molecule has 0 saturated carbocycles. The molecule has 0 saturated heterocycles. The Morgan fingerprint density at radius 3 is 2.24 bits per heavy atom. The molecule has 0 aliphatic rings. The van der Waals surface area contributed by atoms with Crippen LogP contribution in [0.4, 0.5) is 0 Å². The molecule has 2 nitrogen and oxygen atoms in total. The summed E-state index contributed by atoms with van der Waals surface area (Å²) in [5.41, 5.74) is 6.40. The van der Waals surface area contributed by atoms with Gasteiger partial charge in [0, 0.05) is 5.56 Å². The van der Waals surface area contributed by atoms with Crippen molar-refractivity contribution in [3.05, 3.63) is 116 Å². The highest BCUT2D eigenvalue weighted by atomic mass is 16.3. The second kappa shape index (κ2) is 7.04. The highest BCUT2D eigenvalue weighted by Gasteiger charge is 2.15. The molecule has 1 aromatic heterocycles. The summed E-state index contributed by atoms with van der Waals surface area (Å²) in [7, 11) is 0. The number of aromatic nitrogens is 1. The molecule has 0 N–H and O–H groups in total. The molecule has 2 heteroatoms. The zero-order valence-corrected chi connectivity index (χ0v) is 17.8. The average molecular weight is 421 g/mol. The lowest BCUT2D eigenvalue weighted by molar-refractivity contribution is 0.603. The van der Waals surface area contributed by atoms with E-state index in [1.165, 1.54) is 55.4 Å². The van der Waals surface area contributed by atoms with Gasteiger partial charge in [-0.25, -0.2) is 4.98 Å². The van der Waals surface area contributed by atoms with Gasteiger partial charge in [0.2, 0.25) is 0 Å². The number of para-hydroxylation sites is 1. The van der Waals surface area contributed by atoms with Crippen molar-refractivity contribution >= 4 is 43.4 Å². The van der Waals surface area contributed by atoms with Crippen LogP contribution in [0.2, 0.25) is 0 Å². The van der Waals surface area contributed by atoms with Crippen LogP contribution in [0.3, 0.4) is 0 Å². The molecule has 0 unspecified atom stereocenters. The molecule has 0 fully saturated rings. The maximum Gasteiger partial charge on any atom is 0.182 e. The van der Waals surface area contributed by atoms with Gasteiger partial charge in [0.05, 0.1) is 0 Å². The normalized spacial score (nSPS) is 11.6. The third-order valence-electron chi connectivity index (χ3n) is 6.59. The number of oxazole rings is 1. The largest absolute Gasteiger partial charge is 0.443 e. The standard InChI is InChI=1S/C31H19NO/c1-2-7-20(8-3-1)21-13-15-25-23(17-21)14-16-26-28(18-22-9-4-5-10-24(22)30(25)26)27-11-6-12-29-31(27)33-19-32-29/h1-19H. The zero-order valence-electron chi connectivity index (χ0n) is 17.8. The molecule has 0 spiro atoms. The summed E-state index contributed by atoms with van der Waals surface area (Å²) in [5.74, 6) is 0. The Balaban J connectivity index is 1.60. The van der Waals surface area contributed by atoms with Crippen LogP contribution < -0.4 is 0 Å². The number of fused-ring (bicyclic) bond motifs is 6. The number of hydrogen-bond donors (Lipinski definition) is 0. The molecule has 0 bridgehead atoms. The van der Waals surface area contributed by atoms with Gasteiger partial charge in [0.15, 0.2) is 12.0 Å². The van der Waals surface area contributed by atoms with Crippen molar-refractivity contribution in [1.29, 1.82) is 0 Å². The molecule has 0 amide bonds. The monoisotopic (exact) mass is 421 g/mol. The van der Waals surface area contributed by atoms with Gasteiger partial charge in [0.25, 0.3) is 0 Å². The van der Waals surface area contributed by atoms with Crippen LogP contribution in [0, 0.1) is 0 Å². The highest BCUT2D eigenvalue weighted by Crippen LogP contribution is 2.41. The zero-order chi connectivity index (χ0) is 21.8. The Labute approximate surface area is 190 Å². The number of rotatable bonds is 2. The van der Waals surface area contributed by atoms with Gasteiger partial charge in [-0.1, -0.05) is 91.0 Å². The van der Waals surface area contributed by atoms with Crippen molar-refractivity contribution in [3.8, 4) is 22.3 Å². The number of nitrogens with zero attached hydrogens (tertiary/aromatic N) is 1. The van der Waals surface area contributed by atoms with E-state index < -0.39 is 0 Å². The second-order valence-corrected chi connectivity index (χ2v) is 8.44. The van der Waals surface area contributed by atoms with Crippen LogP contribution >= 0.6 is 0 Å². The first kappa shape index (κ1) is 18.2. The fourth-order valence-electron chi connectivity index (χ4n) is 5.06. The molecule has 0 aliphatic heterocycles. The molecule has 0 atom stereocenters. The van der Waals surface area contributed by atoms with E-state index in [-0.39, 0.29) is 0 Å². The fraction of sp³-hybridized carbons (Fsp3) is 0. The Kier molecular flexibility index (Phi) is 3.88. The molecule has 7 rings (SSSR count). The molecule has 1 heterocycles. The number of benzene rings is 6. The SMILES string of the molecule is c1ccc(-c2ccc3c(ccc4c(-c5cccc6ncoc56)cc5ccccc5c43)c2)cc1. The van der Waals surface area contributed by atoms with E-state index in [1.807, 2.05) is 12.1 Å². The Hall–Kier alpha value is -4.43. The summed E-state index contributed by atoms with van der Waals surface area (Å²) in [6, 6.07) is 38.9. The lowest BCUT2D eigenvalue weighted by Crippen LogP contribution is -1.88. The first-order chi connectivity index (χ1) is 16.4. The Bertz CT molecular complexity index is 1810. The van der Waals surface area contributed by atoms with E-state index in [4.69, 9.17) is 4.42 Å². The lowest BCUT2D eigenvalue weighted by atomic mass is 9.89. The average Bonchev–Trinajstić information content (AvgIpc) is 3.37. The Morgan fingerprint density at radius 1 is 0.515 bits per heavy atom. The molecule has 154 valence electrons. The summed E-state index contributed by atoms with van der Waals surface area (Å²) in [6.45, 7) is 0. The van der Waals surface area contributed by atoms with Crippen LogP contribution in [0.15, 0.2) is 120 Å². The van der Waals surface area contributed by atoms with Crippen molar-refractivity contribution < 1.29 is 4.42 Å². The lowest BCUT2D eigenvalue weighted by Gasteiger charge is -2.14. The van der Waals surface area contributed by atoms with Crippen LogP contribution in [0.1, 0.15) is 0 Å². The summed E-state index contributed by atoms with van der Waals surface area (Å²) in [5, 5.41) is 7.48. The van der Waals surface area contributed by atoms with Crippen LogP contribution in [-0.4, -0.2) is 4.98 Å². The predicted octanol–water partition coefficient (Wildman–Crippen LogP) is 8.62. The fourth-order valence-corrected chi connectivity index (χ4v) is 5.06. The van der Waals surface area contributed by atoms with Crippen molar-refractivity contribution in [1.82, 2.24) is 4.98 Å². The summed E-state index contributed by atoms with van der Waals surface area (Å²) < 4.78 is 5.81. The smallest absolute Gasteiger partial charge is 0.182 e. The molecular formula is C31H19NO. The van der Waals surface area contributed by atoms with Crippen molar-refractivity contribution in [3.63, 3.8) is 0 Å². The van der Waals surface area contributed by atoms with Gasteiger partial charge in [-0.15, -0.1) is 0 Å². The van der Waals surface area contributed by atoms with Crippen molar-refractivity contribution in [2.45, 2.75) is 0 Å². The van der Waals surface area contributed by atoms with Gasteiger partial charge in [0.1, 0.15) is 5.52 Å². The van der Waals surface area contributed by atoms with E-state index in [0.717, 1.165) is 16.7 Å².